The Labute approximate surface area is 99.1 Å². The molecule has 2 aliphatic rings. The fraction of sp³-hybridized carbons (Fsp3) is 0.923. The summed E-state index contributed by atoms with van der Waals surface area (Å²) < 4.78 is 0. The van der Waals surface area contributed by atoms with Gasteiger partial charge in [0, 0.05) is 12.6 Å². The largest absolute Gasteiger partial charge is 0.356 e. The normalized spacial score (nSPS) is 26.7. The SMILES string of the molecule is CC1CN=C(NCC(C)(C)C2CCCC2)N1. The van der Waals surface area contributed by atoms with E-state index in [1.54, 1.807) is 0 Å². The summed E-state index contributed by atoms with van der Waals surface area (Å²) >= 11 is 0. The van der Waals surface area contributed by atoms with E-state index in [2.05, 4.69) is 36.4 Å². The van der Waals surface area contributed by atoms with Gasteiger partial charge in [0.2, 0.25) is 0 Å². The smallest absolute Gasteiger partial charge is 0.191 e. The molecule has 2 N–H and O–H groups in total. The van der Waals surface area contributed by atoms with Crippen LogP contribution < -0.4 is 10.6 Å². The maximum absolute atomic E-state index is 4.44. The molecule has 1 saturated carbocycles. The lowest BCUT2D eigenvalue weighted by molar-refractivity contribution is 0.218. The summed E-state index contributed by atoms with van der Waals surface area (Å²) in [7, 11) is 0. The van der Waals surface area contributed by atoms with Crippen molar-refractivity contribution in [2.75, 3.05) is 13.1 Å². The van der Waals surface area contributed by atoms with Gasteiger partial charge >= 0.3 is 0 Å². The Balaban J connectivity index is 1.79. The van der Waals surface area contributed by atoms with Crippen LogP contribution in [0.5, 0.6) is 0 Å². The number of nitrogens with one attached hydrogen (secondary N) is 2. The van der Waals surface area contributed by atoms with Crippen LogP contribution in [0.3, 0.4) is 0 Å². The number of rotatable bonds is 3. The molecule has 0 spiro atoms. The maximum Gasteiger partial charge on any atom is 0.191 e. The average Bonchev–Trinajstić information content (AvgIpc) is 2.85. The molecule has 0 aromatic rings. The molecule has 3 nitrogen and oxygen atoms in total. The molecule has 0 aromatic carbocycles. The van der Waals surface area contributed by atoms with E-state index >= 15 is 0 Å². The third kappa shape index (κ3) is 2.69. The summed E-state index contributed by atoms with van der Waals surface area (Å²) in [6.07, 6.45) is 5.66. The van der Waals surface area contributed by atoms with E-state index in [0.29, 0.717) is 11.5 Å². The first kappa shape index (κ1) is 11.7. The zero-order valence-electron chi connectivity index (χ0n) is 10.8. The van der Waals surface area contributed by atoms with E-state index in [1.165, 1.54) is 25.7 Å². The molecule has 1 aliphatic heterocycles. The Morgan fingerprint density at radius 2 is 2.06 bits per heavy atom. The van der Waals surface area contributed by atoms with Gasteiger partial charge in [-0.1, -0.05) is 26.7 Å². The van der Waals surface area contributed by atoms with Gasteiger partial charge in [-0.15, -0.1) is 0 Å². The Bertz CT molecular complexity index is 264. The van der Waals surface area contributed by atoms with Crippen LogP contribution in [0, 0.1) is 11.3 Å². The summed E-state index contributed by atoms with van der Waals surface area (Å²) in [5, 5.41) is 6.82. The third-order valence-corrected chi connectivity index (χ3v) is 4.08. The fourth-order valence-corrected chi connectivity index (χ4v) is 2.82. The lowest BCUT2D eigenvalue weighted by Crippen LogP contribution is -2.43. The van der Waals surface area contributed by atoms with Gasteiger partial charge < -0.3 is 10.6 Å². The van der Waals surface area contributed by atoms with Gasteiger partial charge in [0.15, 0.2) is 5.96 Å². The number of hydrogen-bond acceptors (Lipinski definition) is 3. The third-order valence-electron chi connectivity index (χ3n) is 4.08. The van der Waals surface area contributed by atoms with E-state index < -0.39 is 0 Å². The minimum Gasteiger partial charge on any atom is -0.356 e. The van der Waals surface area contributed by atoms with Crippen molar-refractivity contribution in [1.29, 1.82) is 0 Å². The van der Waals surface area contributed by atoms with Crippen LogP contribution in [0.25, 0.3) is 0 Å². The second-order valence-corrected chi connectivity index (χ2v) is 6.06. The van der Waals surface area contributed by atoms with Crippen LogP contribution >= 0.6 is 0 Å². The quantitative estimate of drug-likeness (QED) is 0.769. The van der Waals surface area contributed by atoms with Crippen LogP contribution in [0.2, 0.25) is 0 Å². The molecular weight excluding hydrogens is 198 g/mol. The van der Waals surface area contributed by atoms with Crippen LogP contribution in [-0.2, 0) is 0 Å². The summed E-state index contributed by atoms with van der Waals surface area (Å²) in [6, 6.07) is 0.497. The second kappa shape index (κ2) is 4.64. The number of guanidine groups is 1. The summed E-state index contributed by atoms with van der Waals surface area (Å²) in [5.74, 6) is 1.89. The minimum absolute atomic E-state index is 0.395. The van der Waals surface area contributed by atoms with Gasteiger partial charge in [0.05, 0.1) is 6.54 Å². The highest BCUT2D eigenvalue weighted by Gasteiger charge is 2.32. The summed E-state index contributed by atoms with van der Waals surface area (Å²) in [6.45, 7) is 8.88. The molecule has 1 aliphatic carbocycles. The molecule has 3 heteroatoms. The van der Waals surface area contributed by atoms with Crippen molar-refractivity contribution < 1.29 is 0 Å². The molecule has 16 heavy (non-hydrogen) atoms. The minimum atomic E-state index is 0.395. The van der Waals surface area contributed by atoms with E-state index in [9.17, 15) is 0 Å². The van der Waals surface area contributed by atoms with Gasteiger partial charge in [0.1, 0.15) is 0 Å². The zero-order chi connectivity index (χ0) is 11.6. The molecular formula is C13H25N3. The van der Waals surface area contributed by atoms with Gasteiger partial charge in [0.25, 0.3) is 0 Å². The van der Waals surface area contributed by atoms with Crippen LogP contribution in [0.1, 0.15) is 46.5 Å². The standard InChI is InChI=1S/C13H25N3/c1-10-8-14-12(16-10)15-9-13(2,3)11-6-4-5-7-11/h10-11H,4-9H2,1-3H3,(H2,14,15,16). The van der Waals surface area contributed by atoms with E-state index in [1.807, 2.05) is 0 Å². The van der Waals surface area contributed by atoms with Crippen molar-refractivity contribution in [3.05, 3.63) is 0 Å². The lowest BCUT2D eigenvalue weighted by Gasteiger charge is -2.32. The highest BCUT2D eigenvalue weighted by Crippen LogP contribution is 2.38. The lowest BCUT2D eigenvalue weighted by atomic mass is 9.78. The highest BCUT2D eigenvalue weighted by atomic mass is 15.2. The molecule has 1 unspecified atom stereocenters. The van der Waals surface area contributed by atoms with Crippen molar-refractivity contribution in [3.63, 3.8) is 0 Å². The molecule has 1 atom stereocenters. The van der Waals surface area contributed by atoms with Crippen LogP contribution in [0.15, 0.2) is 4.99 Å². The Morgan fingerprint density at radius 3 is 2.62 bits per heavy atom. The summed E-state index contributed by atoms with van der Waals surface area (Å²) in [4.78, 5) is 4.44. The van der Waals surface area contributed by atoms with E-state index in [4.69, 9.17) is 0 Å². The van der Waals surface area contributed by atoms with Crippen LogP contribution in [0.4, 0.5) is 0 Å². The first-order valence-corrected chi connectivity index (χ1v) is 6.63. The van der Waals surface area contributed by atoms with Crippen molar-refractivity contribution in [2.45, 2.75) is 52.5 Å². The average molecular weight is 223 g/mol. The molecule has 0 bridgehead atoms. The molecule has 0 radical (unpaired) electrons. The predicted octanol–water partition coefficient (Wildman–Crippen LogP) is 2.14. The second-order valence-electron chi connectivity index (χ2n) is 6.06. The van der Waals surface area contributed by atoms with Crippen LogP contribution in [-0.4, -0.2) is 25.1 Å². The van der Waals surface area contributed by atoms with Crippen molar-refractivity contribution in [3.8, 4) is 0 Å². The number of nitrogens with zero attached hydrogens (tertiary/aromatic N) is 1. The van der Waals surface area contributed by atoms with Gasteiger partial charge in [-0.3, -0.25) is 4.99 Å². The molecule has 0 aromatic heterocycles. The van der Waals surface area contributed by atoms with Crippen molar-refractivity contribution in [1.82, 2.24) is 10.6 Å². The summed E-state index contributed by atoms with van der Waals surface area (Å²) in [5.41, 5.74) is 0.395. The number of aliphatic imine (C=N–C) groups is 1. The van der Waals surface area contributed by atoms with Gasteiger partial charge in [-0.25, -0.2) is 0 Å². The monoisotopic (exact) mass is 223 g/mol. The maximum atomic E-state index is 4.44. The number of hydrogen-bond donors (Lipinski definition) is 2. The topological polar surface area (TPSA) is 36.4 Å². The predicted molar refractivity (Wildman–Crippen MR) is 68.6 cm³/mol. The Hall–Kier alpha value is -0.730. The first-order chi connectivity index (χ1) is 7.58. The van der Waals surface area contributed by atoms with Gasteiger partial charge in [-0.2, -0.15) is 0 Å². The van der Waals surface area contributed by atoms with Gasteiger partial charge in [-0.05, 0) is 31.1 Å². The Morgan fingerprint density at radius 1 is 1.38 bits per heavy atom. The molecule has 1 fully saturated rings. The first-order valence-electron chi connectivity index (χ1n) is 6.63. The molecule has 0 saturated heterocycles. The highest BCUT2D eigenvalue weighted by molar-refractivity contribution is 5.81. The fourth-order valence-electron chi connectivity index (χ4n) is 2.82. The molecule has 0 amide bonds. The van der Waals surface area contributed by atoms with Crippen molar-refractivity contribution >= 4 is 5.96 Å². The Kier molecular flexibility index (Phi) is 3.41. The van der Waals surface area contributed by atoms with Crippen molar-refractivity contribution in [2.24, 2.45) is 16.3 Å². The molecule has 1 heterocycles. The van der Waals surface area contributed by atoms with E-state index in [0.717, 1.165) is 25.0 Å². The molecule has 2 rings (SSSR count). The van der Waals surface area contributed by atoms with E-state index in [-0.39, 0.29) is 0 Å². The molecule has 92 valence electrons. The zero-order valence-corrected chi connectivity index (χ0v) is 10.8.